The standard InChI is InChI=1S/C29H42N6O2/c1-23(37-26-11-5-4-6-12-26)28(36)34-20-14-25(15-21-34)35-19-9-10-24(22-35)31-29-30-16-13-27(32-29)33-17-7-2-3-8-18-33/h4-6,11-13,16,23-25H,2-3,7-10,14-15,17-22H2,1H3,(H,30,31,32). The number of aromatic nitrogens is 2. The predicted molar refractivity (Wildman–Crippen MR) is 147 cm³/mol. The van der Waals surface area contributed by atoms with Crippen molar-refractivity contribution in [2.24, 2.45) is 0 Å². The fourth-order valence-electron chi connectivity index (χ4n) is 6.00. The van der Waals surface area contributed by atoms with Crippen LogP contribution in [0, 0.1) is 0 Å². The average molecular weight is 507 g/mol. The van der Waals surface area contributed by atoms with Gasteiger partial charge >= 0.3 is 0 Å². The summed E-state index contributed by atoms with van der Waals surface area (Å²) in [6.45, 7) is 7.75. The van der Waals surface area contributed by atoms with Gasteiger partial charge in [-0.3, -0.25) is 9.69 Å². The van der Waals surface area contributed by atoms with Gasteiger partial charge in [-0.1, -0.05) is 31.0 Å². The van der Waals surface area contributed by atoms with Crippen LogP contribution in [0.1, 0.15) is 58.3 Å². The molecule has 0 bridgehead atoms. The van der Waals surface area contributed by atoms with Crippen LogP contribution in [0.5, 0.6) is 5.75 Å². The number of nitrogens with one attached hydrogen (secondary N) is 1. The number of carbonyl (C=O) groups excluding carboxylic acids is 1. The monoisotopic (exact) mass is 506 g/mol. The molecular formula is C29H42N6O2. The molecule has 3 fully saturated rings. The van der Waals surface area contributed by atoms with Gasteiger partial charge < -0.3 is 19.9 Å². The van der Waals surface area contributed by atoms with Crippen LogP contribution >= 0.6 is 0 Å². The Morgan fingerprint density at radius 2 is 1.70 bits per heavy atom. The molecule has 1 aromatic carbocycles. The predicted octanol–water partition coefficient (Wildman–Crippen LogP) is 4.19. The average Bonchev–Trinajstić information content (AvgIpc) is 3.23. The lowest BCUT2D eigenvalue weighted by Crippen LogP contribution is -2.53. The van der Waals surface area contributed by atoms with Crippen LogP contribution in [0.25, 0.3) is 0 Å². The maximum absolute atomic E-state index is 13.0. The third-order valence-electron chi connectivity index (χ3n) is 8.05. The van der Waals surface area contributed by atoms with Crippen molar-refractivity contribution >= 4 is 17.7 Å². The van der Waals surface area contributed by atoms with E-state index in [9.17, 15) is 4.79 Å². The molecule has 8 nitrogen and oxygen atoms in total. The lowest BCUT2D eigenvalue weighted by atomic mass is 9.97. The van der Waals surface area contributed by atoms with E-state index in [0.717, 1.165) is 76.0 Å². The highest BCUT2D eigenvalue weighted by molar-refractivity contribution is 5.81. The molecule has 37 heavy (non-hydrogen) atoms. The van der Waals surface area contributed by atoms with Crippen molar-refractivity contribution in [3.8, 4) is 5.75 Å². The molecule has 1 N–H and O–H groups in total. The zero-order valence-electron chi connectivity index (χ0n) is 22.2. The molecule has 4 heterocycles. The smallest absolute Gasteiger partial charge is 0.263 e. The number of likely N-dealkylation sites (tertiary alicyclic amines) is 2. The highest BCUT2D eigenvalue weighted by Gasteiger charge is 2.32. The van der Waals surface area contributed by atoms with E-state index in [1.807, 2.05) is 54.4 Å². The lowest BCUT2D eigenvalue weighted by Gasteiger charge is -2.42. The highest BCUT2D eigenvalue weighted by atomic mass is 16.5. The zero-order valence-corrected chi connectivity index (χ0v) is 22.2. The molecule has 2 atom stereocenters. The van der Waals surface area contributed by atoms with E-state index in [1.54, 1.807) is 0 Å². The molecule has 0 spiro atoms. The van der Waals surface area contributed by atoms with Crippen LogP contribution in [-0.4, -0.2) is 83.1 Å². The van der Waals surface area contributed by atoms with Crippen LogP contribution < -0.4 is 15.0 Å². The van der Waals surface area contributed by atoms with Crippen molar-refractivity contribution in [3.63, 3.8) is 0 Å². The molecule has 200 valence electrons. The molecule has 2 aromatic rings. The molecule has 8 heteroatoms. The summed E-state index contributed by atoms with van der Waals surface area (Å²) in [5, 5.41) is 3.64. The number of rotatable bonds is 7. The first-order valence-corrected chi connectivity index (χ1v) is 14.2. The molecule has 0 saturated carbocycles. The van der Waals surface area contributed by atoms with Gasteiger partial charge in [0.05, 0.1) is 0 Å². The van der Waals surface area contributed by atoms with Crippen molar-refractivity contribution in [2.75, 3.05) is 49.5 Å². The largest absolute Gasteiger partial charge is 0.481 e. The zero-order chi connectivity index (χ0) is 25.5. The summed E-state index contributed by atoms with van der Waals surface area (Å²) < 4.78 is 5.87. The van der Waals surface area contributed by atoms with Crippen molar-refractivity contribution < 1.29 is 9.53 Å². The van der Waals surface area contributed by atoms with Crippen LogP contribution in [-0.2, 0) is 4.79 Å². The first-order chi connectivity index (χ1) is 18.2. The molecule has 3 aliphatic rings. The molecule has 0 aliphatic carbocycles. The Bertz CT molecular complexity index is 989. The summed E-state index contributed by atoms with van der Waals surface area (Å²) in [7, 11) is 0. The fraction of sp³-hybridized carbons (Fsp3) is 0.621. The molecule has 3 aliphatic heterocycles. The second-order valence-corrected chi connectivity index (χ2v) is 10.7. The van der Waals surface area contributed by atoms with Gasteiger partial charge in [0.2, 0.25) is 5.95 Å². The van der Waals surface area contributed by atoms with Crippen molar-refractivity contribution in [3.05, 3.63) is 42.6 Å². The molecule has 3 saturated heterocycles. The second kappa shape index (κ2) is 12.6. The molecule has 1 amide bonds. The summed E-state index contributed by atoms with van der Waals surface area (Å²) in [6, 6.07) is 12.5. The summed E-state index contributed by atoms with van der Waals surface area (Å²) >= 11 is 0. The Morgan fingerprint density at radius 3 is 2.46 bits per heavy atom. The van der Waals surface area contributed by atoms with Gasteiger partial charge in [-0.2, -0.15) is 4.98 Å². The Morgan fingerprint density at radius 1 is 0.946 bits per heavy atom. The Labute approximate surface area is 221 Å². The van der Waals surface area contributed by atoms with E-state index in [2.05, 4.69) is 20.1 Å². The topological polar surface area (TPSA) is 73.8 Å². The van der Waals surface area contributed by atoms with E-state index in [-0.39, 0.29) is 5.91 Å². The number of benzene rings is 1. The third-order valence-corrected chi connectivity index (χ3v) is 8.05. The number of hydrogen-bond acceptors (Lipinski definition) is 7. The Hall–Kier alpha value is -2.87. The van der Waals surface area contributed by atoms with Gasteiger partial charge in [-0.15, -0.1) is 0 Å². The number of nitrogens with zero attached hydrogens (tertiary/aromatic N) is 5. The second-order valence-electron chi connectivity index (χ2n) is 10.7. The van der Waals surface area contributed by atoms with Gasteiger partial charge in [-0.25, -0.2) is 4.98 Å². The van der Waals surface area contributed by atoms with E-state index >= 15 is 0 Å². The van der Waals surface area contributed by atoms with E-state index in [1.165, 1.54) is 32.1 Å². The van der Waals surface area contributed by atoms with Gasteiger partial charge in [0, 0.05) is 51.0 Å². The molecular weight excluding hydrogens is 464 g/mol. The summed E-state index contributed by atoms with van der Waals surface area (Å²) in [5.74, 6) is 2.63. The quantitative estimate of drug-likeness (QED) is 0.604. The van der Waals surface area contributed by atoms with Gasteiger partial charge in [0.1, 0.15) is 11.6 Å². The molecule has 1 aromatic heterocycles. The number of amides is 1. The van der Waals surface area contributed by atoms with E-state index in [4.69, 9.17) is 9.72 Å². The van der Waals surface area contributed by atoms with Crippen molar-refractivity contribution in [1.82, 2.24) is 19.8 Å². The minimum Gasteiger partial charge on any atom is -0.481 e. The molecule has 5 rings (SSSR count). The summed E-state index contributed by atoms with van der Waals surface area (Å²) in [6.07, 6.45) is 10.9. The van der Waals surface area contributed by atoms with Crippen molar-refractivity contribution in [2.45, 2.75) is 76.5 Å². The summed E-state index contributed by atoms with van der Waals surface area (Å²) in [5.41, 5.74) is 0. The number of carbonyl (C=O) groups is 1. The SMILES string of the molecule is CC(Oc1ccccc1)C(=O)N1CCC(N2CCCC(Nc3nccc(N4CCCCCC4)n3)C2)CC1. The number of anilines is 2. The molecule has 0 radical (unpaired) electrons. The number of hydrogen-bond donors (Lipinski definition) is 1. The van der Waals surface area contributed by atoms with E-state index in [0.29, 0.717) is 12.1 Å². The minimum absolute atomic E-state index is 0.0851. The van der Waals surface area contributed by atoms with Crippen LogP contribution in [0.3, 0.4) is 0 Å². The fourth-order valence-corrected chi connectivity index (χ4v) is 6.00. The number of piperidine rings is 2. The van der Waals surface area contributed by atoms with E-state index < -0.39 is 6.10 Å². The number of para-hydroxylation sites is 1. The maximum Gasteiger partial charge on any atom is 0.263 e. The van der Waals surface area contributed by atoms with Crippen LogP contribution in [0.4, 0.5) is 11.8 Å². The van der Waals surface area contributed by atoms with Gasteiger partial charge in [0.15, 0.2) is 6.10 Å². The number of ether oxygens (including phenoxy) is 1. The van der Waals surface area contributed by atoms with Gasteiger partial charge in [-0.05, 0) is 70.2 Å². The minimum atomic E-state index is -0.465. The van der Waals surface area contributed by atoms with Crippen LogP contribution in [0.2, 0.25) is 0 Å². The lowest BCUT2D eigenvalue weighted by molar-refractivity contribution is -0.139. The Balaban J connectivity index is 1.10. The molecule has 2 unspecified atom stereocenters. The van der Waals surface area contributed by atoms with Gasteiger partial charge in [0.25, 0.3) is 5.91 Å². The summed E-state index contributed by atoms with van der Waals surface area (Å²) in [4.78, 5) is 29.4. The first-order valence-electron chi connectivity index (χ1n) is 14.2. The maximum atomic E-state index is 13.0. The normalized spacial score (nSPS) is 22.8. The third kappa shape index (κ3) is 6.92. The first kappa shape index (κ1) is 25.8. The van der Waals surface area contributed by atoms with Crippen LogP contribution in [0.15, 0.2) is 42.6 Å². The highest BCUT2D eigenvalue weighted by Crippen LogP contribution is 2.24. The van der Waals surface area contributed by atoms with Crippen molar-refractivity contribution in [1.29, 1.82) is 0 Å². The Kier molecular flexibility index (Phi) is 8.76.